The van der Waals surface area contributed by atoms with Gasteiger partial charge in [0.05, 0.1) is 0 Å². The quantitative estimate of drug-likeness (QED) is 0.162. The molecule has 0 unspecified atom stereocenters. The van der Waals surface area contributed by atoms with Crippen LogP contribution >= 0.6 is 0 Å². The molecule has 0 saturated carbocycles. The van der Waals surface area contributed by atoms with E-state index >= 15 is 0 Å². The first kappa shape index (κ1) is 37.5. The van der Waals surface area contributed by atoms with E-state index in [-0.39, 0.29) is 23.1 Å². The molecule has 6 nitrogen and oxygen atoms in total. The van der Waals surface area contributed by atoms with Crippen LogP contribution in [0.5, 0.6) is 0 Å². The van der Waals surface area contributed by atoms with E-state index in [2.05, 4.69) is 20.8 Å². The summed E-state index contributed by atoms with van der Waals surface area (Å²) in [6.45, 7) is 6.45. The van der Waals surface area contributed by atoms with Gasteiger partial charge in [0.15, 0.2) is 0 Å². The van der Waals surface area contributed by atoms with E-state index in [9.17, 15) is 14.4 Å². The molecule has 0 heterocycles. The van der Waals surface area contributed by atoms with E-state index in [1.165, 1.54) is 57.8 Å². The van der Waals surface area contributed by atoms with Gasteiger partial charge in [-0.05, 0) is 19.3 Å². The smallest absolute Gasteiger partial charge is 0.316 e. The number of carboxylic acids is 3. The Balaban J connectivity index is -0.000000174. The Morgan fingerprint density at radius 2 is 0.613 bits per heavy atom. The van der Waals surface area contributed by atoms with Gasteiger partial charge in [-0.15, -0.1) is 0 Å². The summed E-state index contributed by atoms with van der Waals surface area (Å²) in [5.41, 5.74) is 0. The van der Waals surface area contributed by atoms with Crippen LogP contribution in [-0.2, 0) is 14.4 Å². The Morgan fingerprint density at radius 3 is 0.774 bits per heavy atom. The summed E-state index contributed by atoms with van der Waals surface area (Å²) in [4.78, 5) is 30.1. The fourth-order valence-corrected chi connectivity index (χ4v) is 2.64. The van der Waals surface area contributed by atoms with Crippen molar-refractivity contribution < 1.29 is 29.7 Å². The van der Waals surface area contributed by atoms with Gasteiger partial charge in [-0.25, -0.2) is 0 Å². The van der Waals surface area contributed by atoms with Crippen molar-refractivity contribution in [2.45, 2.75) is 136 Å². The van der Waals surface area contributed by atoms with Crippen LogP contribution in [0.2, 0.25) is 0 Å². The number of rotatable bonds is 18. The Hall–Kier alpha value is -0.824. The summed E-state index contributed by atoms with van der Waals surface area (Å²) >= 11 is 0. The third kappa shape index (κ3) is 52.9. The van der Waals surface area contributed by atoms with Crippen molar-refractivity contribution in [1.29, 1.82) is 0 Å². The molecule has 0 saturated heterocycles. The second kappa shape index (κ2) is 33.8. The Kier molecular flexibility index (Phi) is 40.9. The van der Waals surface area contributed by atoms with Crippen molar-refractivity contribution in [1.82, 2.24) is 0 Å². The molecule has 7 heteroatoms. The first-order valence-electron chi connectivity index (χ1n) is 12.0. The zero-order chi connectivity index (χ0) is 23.5. The van der Waals surface area contributed by atoms with Gasteiger partial charge in [0, 0.05) is 19.3 Å². The summed E-state index contributed by atoms with van der Waals surface area (Å²) in [5.74, 6) is -2.01. The van der Waals surface area contributed by atoms with E-state index in [1.807, 2.05) is 0 Å². The molecule has 0 aromatic carbocycles. The minimum atomic E-state index is -0.670. The molecule has 0 atom stereocenters. The van der Waals surface area contributed by atoms with E-state index in [4.69, 9.17) is 15.3 Å². The molecular weight excluding hydrogens is 409 g/mol. The topological polar surface area (TPSA) is 112 Å². The molecule has 0 aliphatic carbocycles. The molecule has 0 bridgehead atoms. The lowest BCUT2D eigenvalue weighted by atomic mass is 10.1. The molecule has 0 aromatic heterocycles. The number of hydrogen-bond donors (Lipinski definition) is 3. The van der Waals surface area contributed by atoms with Crippen molar-refractivity contribution in [2.24, 2.45) is 0 Å². The molecule has 0 rings (SSSR count). The van der Waals surface area contributed by atoms with E-state index in [0.717, 1.165) is 38.5 Å². The monoisotopic (exact) mass is 458 g/mol. The maximum atomic E-state index is 10.0. The van der Waals surface area contributed by atoms with Crippen molar-refractivity contribution >= 4 is 41.0 Å². The summed E-state index contributed by atoms with van der Waals surface area (Å²) in [6, 6.07) is 0. The zero-order valence-corrected chi connectivity index (χ0v) is 19.8. The maximum Gasteiger partial charge on any atom is 0.316 e. The van der Waals surface area contributed by atoms with Crippen LogP contribution in [0.3, 0.4) is 0 Å². The predicted octanol–water partition coefficient (Wildman–Crippen LogP) is 6.38. The molecule has 31 heavy (non-hydrogen) atoms. The molecule has 3 N–H and O–H groups in total. The van der Waals surface area contributed by atoms with Crippen molar-refractivity contribution in [3.8, 4) is 0 Å². The molecular formula is C24H50MgO6. The fourth-order valence-electron chi connectivity index (χ4n) is 2.64. The van der Waals surface area contributed by atoms with Crippen LogP contribution in [0.4, 0.5) is 0 Å². The molecule has 0 aliphatic heterocycles. The van der Waals surface area contributed by atoms with Gasteiger partial charge in [0.2, 0.25) is 0 Å². The number of carboxylic acid groups (broad SMARTS) is 3. The van der Waals surface area contributed by atoms with Gasteiger partial charge in [-0.1, -0.05) is 97.8 Å². The van der Waals surface area contributed by atoms with Crippen LogP contribution in [0.15, 0.2) is 0 Å². The molecule has 0 amide bonds. The normalized spacial score (nSPS) is 9.39. The summed E-state index contributed by atoms with van der Waals surface area (Å²) in [5, 5.41) is 24.8. The molecule has 0 aromatic rings. The molecule has 0 spiro atoms. The highest BCUT2D eigenvalue weighted by Crippen LogP contribution is 2.05. The lowest BCUT2D eigenvalue weighted by Gasteiger charge is -1.95. The number of hydrogen-bond acceptors (Lipinski definition) is 3. The molecule has 0 aliphatic rings. The third-order valence-corrected chi connectivity index (χ3v) is 4.48. The SMILES string of the molecule is CCCCCCCC(=O)O.CCCCCCCC(=O)O.CCCCCCCC(=O)O.[MgH2]. The van der Waals surface area contributed by atoms with Crippen molar-refractivity contribution in [3.05, 3.63) is 0 Å². The Bertz CT molecular complexity index is 331. The van der Waals surface area contributed by atoms with Crippen LogP contribution in [0.1, 0.15) is 136 Å². The van der Waals surface area contributed by atoms with E-state index in [1.54, 1.807) is 0 Å². The zero-order valence-electron chi connectivity index (χ0n) is 19.8. The summed E-state index contributed by atoms with van der Waals surface area (Å²) in [7, 11) is 0. The first-order valence-corrected chi connectivity index (χ1v) is 12.0. The maximum absolute atomic E-state index is 10.0. The second-order valence-electron chi connectivity index (χ2n) is 7.67. The van der Waals surface area contributed by atoms with Crippen LogP contribution in [-0.4, -0.2) is 56.3 Å². The van der Waals surface area contributed by atoms with Gasteiger partial charge in [-0.2, -0.15) is 0 Å². The lowest BCUT2D eigenvalue weighted by Crippen LogP contribution is -1.93. The predicted molar refractivity (Wildman–Crippen MR) is 132 cm³/mol. The minimum absolute atomic E-state index is 0. The highest BCUT2D eigenvalue weighted by Gasteiger charge is 1.96. The molecule has 0 fully saturated rings. The number of aliphatic carboxylic acids is 3. The Morgan fingerprint density at radius 1 is 0.419 bits per heavy atom. The van der Waals surface area contributed by atoms with E-state index < -0.39 is 17.9 Å². The Labute approximate surface area is 206 Å². The second-order valence-corrected chi connectivity index (χ2v) is 7.67. The number of unbranched alkanes of at least 4 members (excludes halogenated alkanes) is 12. The van der Waals surface area contributed by atoms with E-state index in [0.29, 0.717) is 19.3 Å². The van der Waals surface area contributed by atoms with Gasteiger partial charge < -0.3 is 15.3 Å². The van der Waals surface area contributed by atoms with Crippen LogP contribution in [0.25, 0.3) is 0 Å². The minimum Gasteiger partial charge on any atom is -0.481 e. The standard InChI is InChI=1S/3C8H16O2.Mg.2H/c3*1-2-3-4-5-6-7-8(9)10;;;/h3*2-7H2,1H3,(H,9,10);;;. The van der Waals surface area contributed by atoms with Gasteiger partial charge in [-0.3, -0.25) is 14.4 Å². The fraction of sp³-hybridized carbons (Fsp3) is 0.875. The molecule has 184 valence electrons. The average molecular weight is 459 g/mol. The molecule has 0 radical (unpaired) electrons. The van der Waals surface area contributed by atoms with Crippen LogP contribution in [0, 0.1) is 0 Å². The van der Waals surface area contributed by atoms with Gasteiger partial charge in [0.25, 0.3) is 0 Å². The summed E-state index contributed by atoms with van der Waals surface area (Å²) in [6.07, 6.45) is 17.7. The van der Waals surface area contributed by atoms with Gasteiger partial charge >= 0.3 is 41.0 Å². The summed E-state index contributed by atoms with van der Waals surface area (Å²) < 4.78 is 0. The lowest BCUT2D eigenvalue weighted by molar-refractivity contribution is -0.138. The average Bonchev–Trinajstić information content (AvgIpc) is 2.68. The third-order valence-electron chi connectivity index (χ3n) is 4.48. The number of carbonyl (C=O) groups is 3. The highest BCUT2D eigenvalue weighted by molar-refractivity contribution is 5.75. The first-order chi connectivity index (χ1) is 14.3. The van der Waals surface area contributed by atoms with Crippen molar-refractivity contribution in [2.75, 3.05) is 0 Å². The van der Waals surface area contributed by atoms with Gasteiger partial charge in [0.1, 0.15) is 0 Å². The van der Waals surface area contributed by atoms with Crippen LogP contribution < -0.4 is 0 Å². The highest BCUT2D eigenvalue weighted by atomic mass is 24.3. The largest absolute Gasteiger partial charge is 0.481 e. The van der Waals surface area contributed by atoms with Crippen molar-refractivity contribution in [3.63, 3.8) is 0 Å².